The van der Waals surface area contributed by atoms with E-state index in [1.807, 2.05) is 49.9 Å². The first-order chi connectivity index (χ1) is 31.4. The number of carbonyl (C=O) groups is 4. The number of aromatic nitrogens is 4. The topological polar surface area (TPSA) is 172 Å². The minimum atomic E-state index is -0.705. The molecule has 10 rings (SSSR count). The molecule has 3 saturated heterocycles. The van der Waals surface area contributed by atoms with Crippen molar-refractivity contribution in [1.29, 1.82) is 0 Å². The molecule has 340 valence electrons. The van der Waals surface area contributed by atoms with Gasteiger partial charge in [-0.25, -0.2) is 14.8 Å². The highest BCUT2D eigenvalue weighted by atomic mass is 16.5. The monoisotopic (exact) mass is 881 g/mol. The fourth-order valence-corrected chi connectivity index (χ4v) is 11.3. The lowest BCUT2D eigenvalue weighted by molar-refractivity contribution is -0.149. The SMILES string of the molecule is COC(=O)C[C@H](C(=O)N1[C@@H]2C[C@@H]2C[C@H]1c1ncc(-c2ccc(-c3ccc4cc(-c5cnc([C@@H]6C[C@H]7C[C@H]7N6C(=O)C(NC(=O)OC)C6C[C@@H](C)O[C@@H](C)C6)[nH]5)ccc4c3)cc2)[nH]1)C(C)C. The lowest BCUT2D eigenvalue weighted by atomic mass is 9.85. The fraction of sp³-hybridized carbons (Fsp3) is 0.490. The number of hydrogen-bond acceptors (Lipinski definition) is 9. The van der Waals surface area contributed by atoms with E-state index in [1.54, 1.807) is 0 Å². The van der Waals surface area contributed by atoms with E-state index in [9.17, 15) is 19.2 Å². The zero-order chi connectivity index (χ0) is 45.3. The van der Waals surface area contributed by atoms with Gasteiger partial charge in [-0.1, -0.05) is 62.4 Å². The van der Waals surface area contributed by atoms with Crippen molar-refractivity contribution in [3.63, 3.8) is 0 Å². The van der Waals surface area contributed by atoms with Crippen LogP contribution in [0.5, 0.6) is 0 Å². The van der Waals surface area contributed by atoms with Crippen LogP contribution in [-0.2, 0) is 28.6 Å². The number of piperidine rings is 2. The number of amides is 3. The number of nitrogens with one attached hydrogen (secondary N) is 3. The van der Waals surface area contributed by atoms with Gasteiger partial charge in [-0.05, 0) is 116 Å². The Morgan fingerprint density at radius 2 is 1.22 bits per heavy atom. The number of methoxy groups -OCH3 is 2. The van der Waals surface area contributed by atoms with Crippen LogP contribution in [-0.4, -0.2) is 98.2 Å². The second kappa shape index (κ2) is 17.1. The summed E-state index contributed by atoms with van der Waals surface area (Å²) >= 11 is 0. The first-order valence-electron chi connectivity index (χ1n) is 23.3. The zero-order valence-corrected chi connectivity index (χ0v) is 38.0. The molecule has 5 heterocycles. The molecule has 2 unspecified atom stereocenters. The molecular weight excluding hydrogens is 823 g/mol. The predicted octanol–water partition coefficient (Wildman–Crippen LogP) is 8.37. The van der Waals surface area contributed by atoms with Crippen LogP contribution < -0.4 is 5.32 Å². The van der Waals surface area contributed by atoms with Crippen LogP contribution >= 0.6 is 0 Å². The maximum Gasteiger partial charge on any atom is 0.407 e. The first kappa shape index (κ1) is 42.9. The molecule has 14 heteroatoms. The molecule has 14 nitrogen and oxygen atoms in total. The summed E-state index contributed by atoms with van der Waals surface area (Å²) in [5.41, 5.74) is 5.99. The number of hydrogen-bond donors (Lipinski definition) is 3. The van der Waals surface area contributed by atoms with Crippen LogP contribution in [0, 0.1) is 29.6 Å². The summed E-state index contributed by atoms with van der Waals surface area (Å²) in [5.74, 6) is 1.53. The Morgan fingerprint density at radius 1 is 0.692 bits per heavy atom. The van der Waals surface area contributed by atoms with E-state index >= 15 is 0 Å². The maximum absolute atomic E-state index is 14.5. The van der Waals surface area contributed by atoms with E-state index in [0.717, 1.165) is 81.7 Å². The smallest absolute Gasteiger partial charge is 0.407 e. The van der Waals surface area contributed by atoms with Crippen LogP contribution in [0.4, 0.5) is 4.79 Å². The third-order valence-corrected chi connectivity index (χ3v) is 14.9. The van der Waals surface area contributed by atoms with Crippen molar-refractivity contribution in [2.24, 2.45) is 29.6 Å². The third-order valence-electron chi connectivity index (χ3n) is 14.9. The van der Waals surface area contributed by atoms with E-state index < -0.39 is 18.1 Å². The van der Waals surface area contributed by atoms with Gasteiger partial charge < -0.3 is 39.3 Å². The van der Waals surface area contributed by atoms with Gasteiger partial charge in [0.05, 0.1) is 74.6 Å². The van der Waals surface area contributed by atoms with Crippen LogP contribution in [0.3, 0.4) is 0 Å². The molecule has 0 bridgehead atoms. The first-order valence-corrected chi connectivity index (χ1v) is 23.3. The lowest BCUT2D eigenvalue weighted by Crippen LogP contribution is -2.55. The normalized spacial score (nSPS) is 27.5. The quantitative estimate of drug-likeness (QED) is 0.104. The molecule has 0 spiro atoms. The molecule has 5 aromatic rings. The van der Waals surface area contributed by atoms with Gasteiger partial charge in [0.25, 0.3) is 0 Å². The van der Waals surface area contributed by atoms with Crippen LogP contribution in [0.15, 0.2) is 73.1 Å². The molecule has 3 amide bonds. The summed E-state index contributed by atoms with van der Waals surface area (Å²) in [7, 11) is 2.69. The van der Waals surface area contributed by atoms with Crippen molar-refractivity contribution in [1.82, 2.24) is 35.1 Å². The Bertz CT molecular complexity index is 2610. The van der Waals surface area contributed by atoms with Crippen molar-refractivity contribution in [2.75, 3.05) is 14.2 Å². The summed E-state index contributed by atoms with van der Waals surface area (Å²) in [6.45, 7) is 8.01. The average molecular weight is 882 g/mol. The highest BCUT2D eigenvalue weighted by Crippen LogP contribution is 2.55. The van der Waals surface area contributed by atoms with Crippen molar-refractivity contribution in [3.05, 3.63) is 84.7 Å². The predicted molar refractivity (Wildman–Crippen MR) is 244 cm³/mol. The highest BCUT2D eigenvalue weighted by molar-refractivity contribution is 5.91. The second-order valence-electron chi connectivity index (χ2n) is 19.6. The van der Waals surface area contributed by atoms with Gasteiger partial charge in [0.2, 0.25) is 11.8 Å². The summed E-state index contributed by atoms with van der Waals surface area (Å²) in [6.07, 6.45) is 8.20. The Kier molecular flexibility index (Phi) is 11.3. The van der Waals surface area contributed by atoms with Crippen LogP contribution in [0.25, 0.3) is 44.4 Å². The number of imidazole rings is 2. The number of rotatable bonds is 12. The molecular formula is C51H59N7O7. The Morgan fingerprint density at radius 3 is 1.78 bits per heavy atom. The second-order valence-corrected chi connectivity index (χ2v) is 19.6. The Hall–Kier alpha value is -6.02. The molecule has 65 heavy (non-hydrogen) atoms. The highest BCUT2D eigenvalue weighted by Gasteiger charge is 2.58. The number of likely N-dealkylation sites (tertiary alicyclic amines) is 2. The molecule has 3 aliphatic heterocycles. The van der Waals surface area contributed by atoms with E-state index in [1.165, 1.54) is 14.2 Å². The minimum absolute atomic E-state index is 0.00941. The maximum atomic E-state index is 14.5. The molecule has 0 radical (unpaired) electrons. The number of aromatic amines is 2. The molecule has 2 saturated carbocycles. The number of nitrogens with zero attached hydrogens (tertiary/aromatic N) is 4. The summed E-state index contributed by atoms with van der Waals surface area (Å²) in [6, 6.07) is 20.6. The zero-order valence-electron chi connectivity index (χ0n) is 38.0. The summed E-state index contributed by atoms with van der Waals surface area (Å²) in [5, 5.41) is 5.11. The van der Waals surface area contributed by atoms with Gasteiger partial charge in [-0.3, -0.25) is 14.4 Å². The number of alkyl carbamates (subject to hydrolysis) is 1. The Balaban J connectivity index is 0.821. The van der Waals surface area contributed by atoms with Gasteiger partial charge in [0.15, 0.2) is 0 Å². The van der Waals surface area contributed by atoms with Gasteiger partial charge in [-0.2, -0.15) is 0 Å². The van der Waals surface area contributed by atoms with E-state index in [4.69, 9.17) is 24.2 Å². The third kappa shape index (κ3) is 8.30. The number of fused-ring (bicyclic) bond motifs is 3. The van der Waals surface area contributed by atoms with E-state index in [-0.39, 0.29) is 72.4 Å². The largest absolute Gasteiger partial charge is 0.469 e. The number of H-pyrrole nitrogens is 2. The van der Waals surface area contributed by atoms with Crippen molar-refractivity contribution < 1.29 is 33.4 Å². The van der Waals surface area contributed by atoms with Crippen molar-refractivity contribution >= 4 is 34.6 Å². The molecule has 2 aromatic heterocycles. The van der Waals surface area contributed by atoms with Crippen LogP contribution in [0.1, 0.15) is 96.4 Å². The molecule has 5 aliphatic rings. The van der Waals surface area contributed by atoms with Gasteiger partial charge in [-0.15, -0.1) is 0 Å². The minimum Gasteiger partial charge on any atom is -0.469 e. The lowest BCUT2D eigenvalue weighted by Gasteiger charge is -2.38. The van der Waals surface area contributed by atoms with Crippen molar-refractivity contribution in [2.45, 2.75) is 115 Å². The van der Waals surface area contributed by atoms with E-state index in [2.05, 4.69) is 75.9 Å². The molecule has 11 atom stereocenters. The standard InChI is InChI=1S/C51H59N7O7/c1-26(2)38(23-45(59)63-5)49(60)57-41-19-35(41)21-43(57)47-52-24-39(54-47)30-9-7-29(8-10-30)31-11-12-33-18-34(14-13-32(33)17-31)40-25-53-48(55-40)44-22-36-20-42(36)58(44)50(61)46(56-51(62)64-6)37-15-27(3)65-28(4)16-37/h7-14,17-18,24-28,35-38,41-44,46H,15-16,19-23H2,1-6H3,(H,52,54)(H,53,55)(H,56,62)/t27-,28+,35-,36-,37?,38+,41-,42-,43+,44+,46?/m1/s1. The molecule has 3 aromatic carbocycles. The number of ether oxygens (including phenoxy) is 3. The van der Waals surface area contributed by atoms with Gasteiger partial charge >= 0.3 is 12.1 Å². The molecule has 5 fully saturated rings. The fourth-order valence-electron chi connectivity index (χ4n) is 11.3. The average Bonchev–Trinajstić information content (AvgIpc) is 3.89. The molecule has 3 N–H and O–H groups in total. The Labute approximate surface area is 379 Å². The van der Waals surface area contributed by atoms with Crippen molar-refractivity contribution in [3.8, 4) is 33.6 Å². The molecule has 2 aliphatic carbocycles. The number of carbonyl (C=O) groups excluding carboxylic acids is 4. The number of benzene rings is 3. The van der Waals surface area contributed by atoms with Gasteiger partial charge in [0.1, 0.15) is 17.7 Å². The van der Waals surface area contributed by atoms with Gasteiger partial charge in [0, 0.05) is 17.6 Å². The van der Waals surface area contributed by atoms with Crippen LogP contribution in [0.2, 0.25) is 0 Å². The van der Waals surface area contributed by atoms with E-state index in [0.29, 0.717) is 24.7 Å². The summed E-state index contributed by atoms with van der Waals surface area (Å²) in [4.78, 5) is 73.8. The number of esters is 1. The summed E-state index contributed by atoms with van der Waals surface area (Å²) < 4.78 is 15.9.